The van der Waals surface area contributed by atoms with Crippen LogP contribution < -0.4 is 9.80 Å². The molecule has 1 amide bonds. The Morgan fingerprint density at radius 2 is 1.92 bits per heavy atom. The van der Waals surface area contributed by atoms with Gasteiger partial charge in [0.05, 0.1) is 37.3 Å². The molecule has 5 nitrogen and oxygen atoms in total. The van der Waals surface area contributed by atoms with Gasteiger partial charge in [-0.3, -0.25) is 4.79 Å². The molecule has 7 heteroatoms. The van der Waals surface area contributed by atoms with Gasteiger partial charge in [-0.05, 0) is 24.3 Å². The number of thioether (sulfide) groups is 1. The monoisotopic (exact) mass is 386 g/mol. The highest BCUT2D eigenvalue weighted by atomic mass is 32.2. The van der Waals surface area contributed by atoms with Crippen LogP contribution in [0.4, 0.5) is 5.69 Å². The second kappa shape index (κ2) is 7.65. The van der Waals surface area contributed by atoms with E-state index in [2.05, 4.69) is 29.2 Å². The van der Waals surface area contributed by atoms with E-state index in [1.807, 2.05) is 18.2 Å². The van der Waals surface area contributed by atoms with Crippen LogP contribution in [0.15, 0.2) is 58.1 Å². The van der Waals surface area contributed by atoms with Crippen LogP contribution in [0.3, 0.4) is 0 Å². The number of benzene rings is 1. The smallest absolute Gasteiger partial charge is 0.270 e. The van der Waals surface area contributed by atoms with Gasteiger partial charge in [0.1, 0.15) is 5.76 Å². The van der Waals surface area contributed by atoms with Gasteiger partial charge in [-0.25, -0.2) is 4.90 Å². The van der Waals surface area contributed by atoms with Crippen molar-refractivity contribution in [1.29, 1.82) is 0 Å². The number of carbonyl (C=O) groups is 1. The van der Waals surface area contributed by atoms with Gasteiger partial charge in [0.25, 0.3) is 5.91 Å². The molecule has 1 aromatic heterocycles. The summed E-state index contributed by atoms with van der Waals surface area (Å²) in [6.45, 7) is 4.57. The molecule has 0 aliphatic carbocycles. The lowest BCUT2D eigenvalue weighted by Crippen LogP contribution is -3.16. The Labute approximate surface area is 162 Å². The molecule has 0 bridgehead atoms. The van der Waals surface area contributed by atoms with Crippen LogP contribution in [0.1, 0.15) is 5.76 Å². The number of nitrogens with one attached hydrogen (secondary N) is 1. The molecule has 4 rings (SSSR count). The summed E-state index contributed by atoms with van der Waals surface area (Å²) in [7, 11) is 0. The van der Waals surface area contributed by atoms with E-state index in [9.17, 15) is 4.79 Å². The number of hydrogen-bond donors (Lipinski definition) is 1. The molecule has 0 unspecified atom stereocenters. The van der Waals surface area contributed by atoms with Crippen molar-refractivity contribution in [1.82, 2.24) is 4.90 Å². The quantitative estimate of drug-likeness (QED) is 0.642. The SMILES string of the molecule is O=C1/C(=C/c2ccco2)SC(=S)N1C[NH+]1CCN(c2ccccc2)CC1. The minimum atomic E-state index is -0.0191. The Kier molecular flexibility index (Phi) is 5.10. The lowest BCUT2D eigenvalue weighted by Gasteiger charge is -2.34. The molecule has 2 aliphatic rings. The van der Waals surface area contributed by atoms with Crippen molar-refractivity contribution in [3.8, 4) is 0 Å². The van der Waals surface area contributed by atoms with Crippen LogP contribution >= 0.6 is 24.0 Å². The predicted molar refractivity (Wildman–Crippen MR) is 108 cm³/mol. The van der Waals surface area contributed by atoms with Crippen molar-refractivity contribution < 1.29 is 14.1 Å². The van der Waals surface area contributed by atoms with E-state index in [1.165, 1.54) is 22.3 Å². The number of carbonyl (C=O) groups excluding carboxylic acids is 1. The highest BCUT2D eigenvalue weighted by Crippen LogP contribution is 2.31. The van der Waals surface area contributed by atoms with E-state index in [1.54, 1.807) is 17.2 Å². The molecular weight excluding hydrogens is 366 g/mol. The fourth-order valence-electron chi connectivity index (χ4n) is 3.24. The summed E-state index contributed by atoms with van der Waals surface area (Å²) in [6, 6.07) is 14.1. The first-order chi connectivity index (χ1) is 12.7. The number of amides is 1. The largest absolute Gasteiger partial charge is 0.465 e. The van der Waals surface area contributed by atoms with Gasteiger partial charge >= 0.3 is 0 Å². The predicted octanol–water partition coefficient (Wildman–Crippen LogP) is 1.84. The zero-order valence-electron chi connectivity index (χ0n) is 14.3. The second-order valence-corrected chi connectivity index (χ2v) is 8.03. The standard InChI is InChI=1S/C19H19N3O2S2/c23-18-17(13-16-7-4-12-24-16)26-19(25)22(18)14-20-8-10-21(11-9-20)15-5-2-1-3-6-15/h1-7,12-13H,8-11,14H2/p+1/b17-13-. The summed E-state index contributed by atoms with van der Waals surface area (Å²) >= 11 is 6.78. The molecule has 0 spiro atoms. The van der Waals surface area contributed by atoms with Crippen LogP contribution in [-0.2, 0) is 4.79 Å². The molecule has 0 saturated carbocycles. The molecule has 2 saturated heterocycles. The number of anilines is 1. The summed E-state index contributed by atoms with van der Waals surface area (Å²) in [5.41, 5.74) is 1.26. The number of piperazine rings is 1. The van der Waals surface area contributed by atoms with Crippen molar-refractivity contribution in [2.75, 3.05) is 37.7 Å². The number of rotatable bonds is 4. The third-order valence-electron chi connectivity index (χ3n) is 4.66. The van der Waals surface area contributed by atoms with Crippen LogP contribution in [0.25, 0.3) is 6.08 Å². The van der Waals surface area contributed by atoms with Crippen LogP contribution in [0.2, 0.25) is 0 Å². The van der Waals surface area contributed by atoms with Gasteiger partial charge in [-0.15, -0.1) is 0 Å². The minimum absolute atomic E-state index is 0.0191. The highest BCUT2D eigenvalue weighted by molar-refractivity contribution is 8.26. The number of para-hydroxylation sites is 1. The third kappa shape index (κ3) is 3.70. The van der Waals surface area contributed by atoms with Crippen molar-refractivity contribution in [3.05, 3.63) is 59.4 Å². The summed E-state index contributed by atoms with van der Waals surface area (Å²) < 4.78 is 5.93. The van der Waals surface area contributed by atoms with Crippen molar-refractivity contribution >= 4 is 46.0 Å². The normalized spacial score (nSPS) is 20.4. The maximum Gasteiger partial charge on any atom is 0.270 e. The van der Waals surface area contributed by atoms with Crippen LogP contribution in [0.5, 0.6) is 0 Å². The molecule has 134 valence electrons. The molecule has 0 radical (unpaired) electrons. The Morgan fingerprint density at radius 1 is 1.15 bits per heavy atom. The number of nitrogens with zero attached hydrogens (tertiary/aromatic N) is 2. The summed E-state index contributed by atoms with van der Waals surface area (Å²) in [4.78, 5) is 18.8. The lowest BCUT2D eigenvalue weighted by atomic mass is 10.2. The van der Waals surface area contributed by atoms with Crippen LogP contribution in [0, 0.1) is 0 Å². The van der Waals surface area contributed by atoms with E-state index >= 15 is 0 Å². The third-order valence-corrected chi connectivity index (χ3v) is 6.04. The van der Waals surface area contributed by atoms with Gasteiger partial charge in [0.2, 0.25) is 0 Å². The maximum absolute atomic E-state index is 12.7. The lowest BCUT2D eigenvalue weighted by molar-refractivity contribution is -0.907. The Morgan fingerprint density at radius 3 is 2.62 bits per heavy atom. The van der Waals surface area contributed by atoms with Gasteiger partial charge in [0.15, 0.2) is 11.0 Å². The van der Waals surface area contributed by atoms with E-state index < -0.39 is 0 Å². The number of furan rings is 1. The second-order valence-electron chi connectivity index (χ2n) is 6.36. The topological polar surface area (TPSA) is 41.1 Å². The van der Waals surface area contributed by atoms with Crippen molar-refractivity contribution in [2.24, 2.45) is 0 Å². The van der Waals surface area contributed by atoms with Crippen molar-refractivity contribution in [3.63, 3.8) is 0 Å². The molecule has 2 aliphatic heterocycles. The van der Waals surface area contributed by atoms with Crippen molar-refractivity contribution in [2.45, 2.75) is 0 Å². The first kappa shape index (κ1) is 17.3. The Bertz CT molecular complexity index is 813. The first-order valence-electron chi connectivity index (χ1n) is 8.63. The van der Waals surface area contributed by atoms with Gasteiger partial charge in [0, 0.05) is 11.8 Å². The van der Waals surface area contributed by atoms with E-state index in [4.69, 9.17) is 16.6 Å². The van der Waals surface area contributed by atoms with E-state index in [0.717, 1.165) is 26.2 Å². The number of quaternary nitrogens is 1. The van der Waals surface area contributed by atoms with Gasteiger partial charge < -0.3 is 14.2 Å². The molecule has 2 fully saturated rings. The van der Waals surface area contributed by atoms with Gasteiger partial charge in [-0.1, -0.05) is 42.2 Å². The molecular formula is C19H20N3O2S2+. The zero-order valence-corrected chi connectivity index (χ0v) is 15.9. The minimum Gasteiger partial charge on any atom is -0.465 e. The molecule has 1 N–H and O–H groups in total. The van der Waals surface area contributed by atoms with E-state index in [0.29, 0.717) is 21.7 Å². The summed E-state index contributed by atoms with van der Waals surface area (Å²) in [6.07, 6.45) is 3.37. The molecule has 2 aromatic rings. The van der Waals surface area contributed by atoms with Crippen LogP contribution in [-0.4, -0.2) is 48.0 Å². The fraction of sp³-hybridized carbons (Fsp3) is 0.263. The average Bonchev–Trinajstić information content (AvgIpc) is 3.27. The summed E-state index contributed by atoms with van der Waals surface area (Å²) in [5, 5.41) is 0. The number of thiocarbonyl (C=S) groups is 1. The summed E-state index contributed by atoms with van der Waals surface area (Å²) in [5.74, 6) is 0.656. The first-order valence-corrected chi connectivity index (χ1v) is 9.85. The highest BCUT2D eigenvalue weighted by Gasteiger charge is 2.35. The maximum atomic E-state index is 12.7. The number of hydrogen-bond acceptors (Lipinski definition) is 5. The Hall–Kier alpha value is -2.09. The average molecular weight is 387 g/mol. The van der Waals surface area contributed by atoms with E-state index in [-0.39, 0.29) is 5.91 Å². The molecule has 3 heterocycles. The van der Waals surface area contributed by atoms with Gasteiger partial charge in [-0.2, -0.15) is 0 Å². The molecule has 0 atom stereocenters. The fourth-order valence-corrected chi connectivity index (χ4v) is 4.48. The molecule has 26 heavy (non-hydrogen) atoms. The Balaban J connectivity index is 1.36. The molecule has 1 aromatic carbocycles. The zero-order chi connectivity index (χ0) is 17.9.